The maximum absolute atomic E-state index is 12.4. The van der Waals surface area contributed by atoms with E-state index in [9.17, 15) is 4.79 Å². The average Bonchev–Trinajstić information content (AvgIpc) is 3.18. The highest BCUT2D eigenvalue weighted by atomic mass is 35.5. The normalized spacial score (nSPS) is 19.5. The quantitative estimate of drug-likeness (QED) is 0.859. The zero-order valence-electron chi connectivity index (χ0n) is 12.5. The molecule has 0 aliphatic heterocycles. The zero-order valence-corrected chi connectivity index (χ0v) is 14.1. The van der Waals surface area contributed by atoms with Crippen LogP contribution in [0, 0.1) is 5.92 Å². The summed E-state index contributed by atoms with van der Waals surface area (Å²) in [6.45, 7) is 0.617. The van der Waals surface area contributed by atoms with Gasteiger partial charge in [-0.05, 0) is 37.4 Å². The van der Waals surface area contributed by atoms with Crippen molar-refractivity contribution in [3.8, 4) is 5.82 Å². The fourth-order valence-corrected chi connectivity index (χ4v) is 2.77. The summed E-state index contributed by atoms with van der Waals surface area (Å²) in [6.07, 6.45) is 7.77. The molecule has 126 valence electrons. The van der Waals surface area contributed by atoms with E-state index in [0.29, 0.717) is 23.8 Å². The summed E-state index contributed by atoms with van der Waals surface area (Å²) >= 11 is 0. The lowest BCUT2D eigenvalue weighted by Crippen LogP contribution is -2.39. The number of nitrogens with two attached hydrogens (primary N) is 1. The summed E-state index contributed by atoms with van der Waals surface area (Å²) in [5, 5.41) is 7.09. The van der Waals surface area contributed by atoms with Crippen molar-refractivity contribution in [1.82, 2.24) is 25.1 Å². The molecule has 0 aromatic carbocycles. The highest BCUT2D eigenvalue weighted by Gasteiger charge is 2.27. The Bertz CT molecular complexity index is 621. The van der Waals surface area contributed by atoms with Gasteiger partial charge in [0.15, 0.2) is 5.82 Å². The van der Waals surface area contributed by atoms with Crippen molar-refractivity contribution < 1.29 is 4.79 Å². The minimum Gasteiger partial charge on any atom is -0.349 e. The van der Waals surface area contributed by atoms with Crippen LogP contribution in [0.2, 0.25) is 0 Å². The van der Waals surface area contributed by atoms with Crippen molar-refractivity contribution in [2.45, 2.75) is 25.3 Å². The van der Waals surface area contributed by atoms with Crippen LogP contribution in [-0.4, -0.2) is 38.2 Å². The highest BCUT2D eigenvalue weighted by Crippen LogP contribution is 2.24. The van der Waals surface area contributed by atoms with Gasteiger partial charge in [-0.25, -0.2) is 14.6 Å². The standard InChI is InChI=1S/C14H18N6O.2ClH/c15-7-11-2-1-3-12(11)19-14(21)10-4-5-17-13(6-10)20-9-16-8-18-20;;/h4-6,8-9,11-12H,1-3,7,15H2,(H,19,21);2*1H. The van der Waals surface area contributed by atoms with E-state index < -0.39 is 0 Å². The molecule has 7 nitrogen and oxygen atoms in total. The number of hydrogen-bond donors (Lipinski definition) is 2. The van der Waals surface area contributed by atoms with Gasteiger partial charge >= 0.3 is 0 Å². The third-order valence-electron chi connectivity index (χ3n) is 3.94. The van der Waals surface area contributed by atoms with Gasteiger partial charge in [-0.15, -0.1) is 24.8 Å². The van der Waals surface area contributed by atoms with Crippen LogP contribution < -0.4 is 11.1 Å². The molecule has 9 heteroatoms. The van der Waals surface area contributed by atoms with Crippen molar-refractivity contribution in [2.75, 3.05) is 6.54 Å². The first-order chi connectivity index (χ1) is 10.3. The number of halogens is 2. The van der Waals surface area contributed by atoms with Crippen LogP contribution in [0.4, 0.5) is 0 Å². The smallest absolute Gasteiger partial charge is 0.251 e. The lowest BCUT2D eigenvalue weighted by molar-refractivity contribution is 0.0928. The molecule has 2 heterocycles. The molecule has 0 spiro atoms. The molecule has 1 saturated carbocycles. The Morgan fingerprint density at radius 3 is 2.91 bits per heavy atom. The molecule has 0 bridgehead atoms. The average molecular weight is 359 g/mol. The second kappa shape index (κ2) is 8.81. The minimum atomic E-state index is -0.0934. The second-order valence-electron chi connectivity index (χ2n) is 5.25. The van der Waals surface area contributed by atoms with E-state index in [1.165, 1.54) is 11.0 Å². The molecular formula is C14H20Cl2N6O. The van der Waals surface area contributed by atoms with Crippen LogP contribution in [0.3, 0.4) is 0 Å². The number of rotatable bonds is 4. The van der Waals surface area contributed by atoms with Gasteiger partial charge in [-0.3, -0.25) is 4.79 Å². The van der Waals surface area contributed by atoms with Crippen LogP contribution in [0.15, 0.2) is 31.0 Å². The van der Waals surface area contributed by atoms with E-state index in [4.69, 9.17) is 5.73 Å². The third-order valence-corrected chi connectivity index (χ3v) is 3.94. The molecule has 2 unspecified atom stereocenters. The van der Waals surface area contributed by atoms with E-state index in [1.54, 1.807) is 24.7 Å². The Labute approximate surface area is 146 Å². The second-order valence-corrected chi connectivity index (χ2v) is 5.25. The minimum absolute atomic E-state index is 0. The first-order valence-corrected chi connectivity index (χ1v) is 7.10. The molecule has 23 heavy (non-hydrogen) atoms. The Hall–Kier alpha value is -1.70. The van der Waals surface area contributed by atoms with Crippen LogP contribution in [0.25, 0.3) is 5.82 Å². The van der Waals surface area contributed by atoms with E-state index in [-0.39, 0.29) is 36.8 Å². The fraction of sp³-hybridized carbons (Fsp3) is 0.429. The molecule has 3 rings (SSSR count). The van der Waals surface area contributed by atoms with Crippen molar-refractivity contribution in [3.63, 3.8) is 0 Å². The fourth-order valence-electron chi connectivity index (χ4n) is 2.77. The molecule has 2 aromatic heterocycles. The SMILES string of the molecule is Cl.Cl.NCC1CCCC1NC(=O)c1ccnc(-n2cncn2)c1. The molecule has 2 aromatic rings. The van der Waals surface area contributed by atoms with Crippen LogP contribution in [-0.2, 0) is 0 Å². The number of amides is 1. The largest absolute Gasteiger partial charge is 0.349 e. The maximum Gasteiger partial charge on any atom is 0.251 e. The van der Waals surface area contributed by atoms with Gasteiger partial charge in [0.2, 0.25) is 0 Å². The number of nitrogens with zero attached hydrogens (tertiary/aromatic N) is 4. The molecular weight excluding hydrogens is 339 g/mol. The topological polar surface area (TPSA) is 98.7 Å². The number of pyridine rings is 1. The van der Waals surface area contributed by atoms with Crippen LogP contribution >= 0.6 is 24.8 Å². The van der Waals surface area contributed by atoms with E-state index in [0.717, 1.165) is 19.3 Å². The van der Waals surface area contributed by atoms with Gasteiger partial charge in [-0.2, -0.15) is 5.10 Å². The van der Waals surface area contributed by atoms with Crippen molar-refractivity contribution in [2.24, 2.45) is 11.7 Å². The van der Waals surface area contributed by atoms with Gasteiger partial charge in [0.1, 0.15) is 12.7 Å². The van der Waals surface area contributed by atoms with Gasteiger partial charge in [0.05, 0.1) is 0 Å². The van der Waals surface area contributed by atoms with Crippen molar-refractivity contribution >= 4 is 30.7 Å². The lowest BCUT2D eigenvalue weighted by atomic mass is 10.0. The summed E-state index contributed by atoms with van der Waals surface area (Å²) in [6, 6.07) is 3.57. The number of carbonyl (C=O) groups excluding carboxylic acids is 1. The molecule has 1 aliphatic carbocycles. The summed E-state index contributed by atoms with van der Waals surface area (Å²) in [5.74, 6) is 0.858. The number of carbonyl (C=O) groups is 1. The van der Waals surface area contributed by atoms with Gasteiger partial charge < -0.3 is 11.1 Å². The number of hydrogen-bond acceptors (Lipinski definition) is 5. The first kappa shape index (κ1) is 19.3. The molecule has 1 fully saturated rings. The molecule has 0 saturated heterocycles. The molecule has 3 N–H and O–H groups in total. The molecule has 0 radical (unpaired) electrons. The van der Waals surface area contributed by atoms with Gasteiger partial charge in [0, 0.05) is 17.8 Å². The summed E-state index contributed by atoms with van der Waals surface area (Å²) in [7, 11) is 0. The predicted molar refractivity (Wildman–Crippen MR) is 91.3 cm³/mol. The first-order valence-electron chi connectivity index (χ1n) is 7.10. The number of aromatic nitrogens is 4. The van der Waals surface area contributed by atoms with Gasteiger partial charge in [0.25, 0.3) is 5.91 Å². The Balaban J connectivity index is 0.00000132. The number of nitrogens with one attached hydrogen (secondary N) is 1. The predicted octanol–water partition coefficient (Wildman–Crippen LogP) is 1.36. The van der Waals surface area contributed by atoms with E-state index >= 15 is 0 Å². The van der Waals surface area contributed by atoms with E-state index in [2.05, 4.69) is 20.4 Å². The summed E-state index contributed by atoms with van der Waals surface area (Å²) in [5.41, 5.74) is 6.31. The monoisotopic (exact) mass is 358 g/mol. The zero-order chi connectivity index (χ0) is 14.7. The lowest BCUT2D eigenvalue weighted by Gasteiger charge is -2.19. The maximum atomic E-state index is 12.4. The summed E-state index contributed by atoms with van der Waals surface area (Å²) in [4.78, 5) is 20.4. The molecule has 2 atom stereocenters. The van der Waals surface area contributed by atoms with Crippen LogP contribution in [0.1, 0.15) is 29.6 Å². The summed E-state index contributed by atoms with van der Waals surface area (Å²) < 4.78 is 1.52. The third kappa shape index (κ3) is 4.40. The molecule has 1 aliphatic rings. The van der Waals surface area contributed by atoms with Crippen LogP contribution in [0.5, 0.6) is 0 Å². The van der Waals surface area contributed by atoms with Gasteiger partial charge in [-0.1, -0.05) is 6.42 Å². The van der Waals surface area contributed by atoms with Crippen molar-refractivity contribution in [3.05, 3.63) is 36.5 Å². The Kier molecular flexibility index (Phi) is 7.41. The molecule has 1 amide bonds. The van der Waals surface area contributed by atoms with Crippen molar-refractivity contribution in [1.29, 1.82) is 0 Å². The Morgan fingerprint density at radius 2 is 2.22 bits per heavy atom. The van der Waals surface area contributed by atoms with E-state index in [1.807, 2.05) is 0 Å². The Morgan fingerprint density at radius 1 is 1.39 bits per heavy atom. The highest BCUT2D eigenvalue weighted by molar-refractivity contribution is 5.94.